The van der Waals surface area contributed by atoms with Gasteiger partial charge in [-0.2, -0.15) is 8.78 Å². The SMILES string of the molecule is Cc1cc2c(cc1-c1ccc(NCc3c(F)cncc3F)nc1)OCC(F)(F)O2. The third-order valence-corrected chi connectivity index (χ3v) is 4.42. The van der Waals surface area contributed by atoms with E-state index in [9.17, 15) is 17.6 Å². The van der Waals surface area contributed by atoms with Crippen molar-refractivity contribution in [1.82, 2.24) is 9.97 Å². The second-order valence-corrected chi connectivity index (χ2v) is 6.51. The molecule has 0 bridgehead atoms. The highest BCUT2D eigenvalue weighted by Gasteiger charge is 2.38. The van der Waals surface area contributed by atoms with Gasteiger partial charge in [-0.25, -0.2) is 13.8 Å². The van der Waals surface area contributed by atoms with Crippen molar-refractivity contribution in [3.05, 3.63) is 65.6 Å². The predicted octanol–water partition coefficient (Wildman–Crippen LogP) is 4.71. The van der Waals surface area contributed by atoms with Gasteiger partial charge in [0.1, 0.15) is 17.5 Å². The van der Waals surface area contributed by atoms with Crippen molar-refractivity contribution in [2.45, 2.75) is 19.6 Å². The second kappa shape index (κ2) is 7.23. The molecule has 1 N–H and O–H groups in total. The standard InChI is InChI=1S/C20H15F4N3O2/c1-11-4-18-17(28-10-20(23,24)29-18)5-13(11)12-2-3-19(26-6-12)27-7-14-15(21)8-25-9-16(14)22/h2-6,8-9H,7,10H2,1H3,(H,26,27). The monoisotopic (exact) mass is 405 g/mol. The van der Waals surface area contributed by atoms with Crippen LogP contribution in [0.3, 0.4) is 0 Å². The summed E-state index contributed by atoms with van der Waals surface area (Å²) in [6, 6.07) is 6.50. The molecule has 0 spiro atoms. The molecule has 29 heavy (non-hydrogen) atoms. The molecule has 0 saturated carbocycles. The third-order valence-electron chi connectivity index (χ3n) is 4.42. The summed E-state index contributed by atoms with van der Waals surface area (Å²) in [5, 5.41) is 2.85. The van der Waals surface area contributed by atoms with E-state index in [0.717, 1.165) is 23.5 Å². The zero-order chi connectivity index (χ0) is 20.6. The number of hydrogen-bond acceptors (Lipinski definition) is 5. The van der Waals surface area contributed by atoms with Crippen LogP contribution < -0.4 is 14.8 Å². The van der Waals surface area contributed by atoms with Crippen molar-refractivity contribution in [2.75, 3.05) is 11.9 Å². The minimum atomic E-state index is -3.36. The second-order valence-electron chi connectivity index (χ2n) is 6.51. The highest BCUT2D eigenvalue weighted by atomic mass is 19.3. The van der Waals surface area contributed by atoms with Crippen LogP contribution in [0.25, 0.3) is 11.1 Å². The van der Waals surface area contributed by atoms with E-state index < -0.39 is 24.3 Å². The smallest absolute Gasteiger partial charge is 0.433 e. The van der Waals surface area contributed by atoms with Crippen LogP contribution in [-0.4, -0.2) is 22.7 Å². The Morgan fingerprint density at radius 1 is 1.07 bits per heavy atom. The molecule has 0 unspecified atom stereocenters. The van der Waals surface area contributed by atoms with E-state index in [-0.39, 0.29) is 23.6 Å². The maximum Gasteiger partial charge on any atom is 0.433 e. The molecule has 3 heterocycles. The lowest BCUT2D eigenvalue weighted by Gasteiger charge is -2.26. The molecule has 2 aromatic heterocycles. The predicted molar refractivity (Wildman–Crippen MR) is 97.0 cm³/mol. The third kappa shape index (κ3) is 3.94. The van der Waals surface area contributed by atoms with Crippen molar-refractivity contribution in [2.24, 2.45) is 0 Å². The Labute approximate surface area is 163 Å². The van der Waals surface area contributed by atoms with Crippen LogP contribution in [0.5, 0.6) is 11.5 Å². The summed E-state index contributed by atoms with van der Waals surface area (Å²) in [4.78, 5) is 7.68. The summed E-state index contributed by atoms with van der Waals surface area (Å²) in [5.74, 6) is -0.866. The van der Waals surface area contributed by atoms with Crippen LogP contribution in [0.1, 0.15) is 11.1 Å². The molecule has 0 atom stereocenters. The highest BCUT2D eigenvalue weighted by Crippen LogP contribution is 2.41. The summed E-state index contributed by atoms with van der Waals surface area (Å²) in [6.07, 6.45) is 0.0898. The zero-order valence-electron chi connectivity index (χ0n) is 15.2. The molecular weight excluding hydrogens is 390 g/mol. The topological polar surface area (TPSA) is 56.3 Å². The van der Waals surface area contributed by atoms with Gasteiger partial charge in [-0.3, -0.25) is 4.98 Å². The molecule has 1 aromatic carbocycles. The molecule has 150 valence electrons. The first kappa shape index (κ1) is 19.0. The molecule has 0 radical (unpaired) electrons. The van der Waals surface area contributed by atoms with E-state index in [2.05, 4.69) is 20.0 Å². The van der Waals surface area contributed by atoms with Crippen LogP contribution in [0.2, 0.25) is 0 Å². The number of benzene rings is 1. The number of anilines is 1. The lowest BCUT2D eigenvalue weighted by molar-refractivity contribution is -0.208. The molecule has 5 nitrogen and oxygen atoms in total. The average molecular weight is 405 g/mol. The summed E-state index contributed by atoms with van der Waals surface area (Å²) < 4.78 is 63.7. The van der Waals surface area contributed by atoms with Crippen LogP contribution in [0, 0.1) is 18.6 Å². The van der Waals surface area contributed by atoms with Gasteiger partial charge in [0, 0.05) is 23.9 Å². The summed E-state index contributed by atoms with van der Waals surface area (Å²) in [6.45, 7) is 0.808. The van der Waals surface area contributed by atoms with Crippen molar-refractivity contribution in [3.8, 4) is 22.6 Å². The highest BCUT2D eigenvalue weighted by molar-refractivity contribution is 5.71. The normalized spacial score (nSPS) is 14.5. The Morgan fingerprint density at radius 3 is 2.52 bits per heavy atom. The Morgan fingerprint density at radius 2 is 1.83 bits per heavy atom. The number of halogens is 4. The van der Waals surface area contributed by atoms with Gasteiger partial charge in [-0.1, -0.05) is 0 Å². The van der Waals surface area contributed by atoms with Crippen molar-refractivity contribution in [1.29, 1.82) is 0 Å². The molecule has 0 saturated heterocycles. The number of fused-ring (bicyclic) bond motifs is 1. The molecular formula is C20H15F4N3O2. The first-order chi connectivity index (χ1) is 13.8. The van der Waals surface area contributed by atoms with Crippen LogP contribution in [0.4, 0.5) is 23.4 Å². The number of aryl methyl sites for hydroxylation is 1. The van der Waals surface area contributed by atoms with Crippen molar-refractivity contribution >= 4 is 5.82 Å². The molecule has 0 aliphatic carbocycles. The van der Waals surface area contributed by atoms with Crippen LogP contribution in [0.15, 0.2) is 42.9 Å². The van der Waals surface area contributed by atoms with E-state index in [1.165, 1.54) is 6.07 Å². The number of rotatable bonds is 4. The molecule has 1 aliphatic rings. The lowest BCUT2D eigenvalue weighted by atomic mass is 10.0. The van der Waals surface area contributed by atoms with Gasteiger partial charge >= 0.3 is 6.11 Å². The summed E-state index contributed by atoms with van der Waals surface area (Å²) >= 11 is 0. The fraction of sp³-hybridized carbons (Fsp3) is 0.200. The molecule has 4 rings (SSSR count). The largest absolute Gasteiger partial charge is 0.479 e. The maximum atomic E-state index is 13.6. The molecule has 1 aliphatic heterocycles. The van der Waals surface area contributed by atoms with E-state index in [4.69, 9.17) is 4.74 Å². The summed E-state index contributed by atoms with van der Waals surface area (Å²) in [5.41, 5.74) is 2.03. The van der Waals surface area contributed by atoms with Gasteiger partial charge in [-0.15, -0.1) is 0 Å². The van der Waals surface area contributed by atoms with Gasteiger partial charge in [0.25, 0.3) is 0 Å². The number of alkyl halides is 2. The molecule has 0 fully saturated rings. The number of pyridine rings is 2. The van der Waals surface area contributed by atoms with E-state index in [1.54, 1.807) is 31.3 Å². The minimum absolute atomic E-state index is 0.0184. The van der Waals surface area contributed by atoms with Gasteiger partial charge in [0.05, 0.1) is 12.4 Å². The number of aromatic nitrogens is 2. The van der Waals surface area contributed by atoms with Gasteiger partial charge < -0.3 is 14.8 Å². The Balaban J connectivity index is 1.52. The van der Waals surface area contributed by atoms with Crippen LogP contribution >= 0.6 is 0 Å². The first-order valence-electron chi connectivity index (χ1n) is 8.65. The zero-order valence-corrected chi connectivity index (χ0v) is 15.2. The average Bonchev–Trinajstić information content (AvgIpc) is 2.67. The number of hydrogen-bond donors (Lipinski definition) is 1. The van der Waals surface area contributed by atoms with E-state index in [1.807, 2.05) is 0 Å². The number of nitrogens with one attached hydrogen (secondary N) is 1. The number of ether oxygens (including phenoxy) is 2. The Kier molecular flexibility index (Phi) is 4.73. The molecule has 3 aromatic rings. The maximum absolute atomic E-state index is 13.6. The fourth-order valence-corrected chi connectivity index (χ4v) is 2.96. The first-order valence-corrected chi connectivity index (χ1v) is 8.65. The van der Waals surface area contributed by atoms with E-state index in [0.29, 0.717) is 11.4 Å². The Bertz CT molecular complexity index is 1040. The summed E-state index contributed by atoms with van der Waals surface area (Å²) in [7, 11) is 0. The minimum Gasteiger partial charge on any atom is -0.479 e. The van der Waals surface area contributed by atoms with Gasteiger partial charge in [0.15, 0.2) is 18.1 Å². The van der Waals surface area contributed by atoms with Crippen LogP contribution in [-0.2, 0) is 6.54 Å². The van der Waals surface area contributed by atoms with Crippen molar-refractivity contribution in [3.63, 3.8) is 0 Å². The van der Waals surface area contributed by atoms with Gasteiger partial charge in [-0.05, 0) is 42.3 Å². The Hall–Kier alpha value is -3.36. The lowest BCUT2D eigenvalue weighted by Crippen LogP contribution is -2.36. The van der Waals surface area contributed by atoms with Gasteiger partial charge in [0.2, 0.25) is 0 Å². The number of nitrogens with zero attached hydrogens (tertiary/aromatic N) is 2. The quantitative estimate of drug-likeness (QED) is 0.638. The molecule has 0 amide bonds. The van der Waals surface area contributed by atoms with Crippen molar-refractivity contribution < 1.29 is 27.0 Å². The van der Waals surface area contributed by atoms with E-state index >= 15 is 0 Å². The fourth-order valence-electron chi connectivity index (χ4n) is 2.96. The molecule has 9 heteroatoms.